The highest BCUT2D eigenvalue weighted by Gasteiger charge is 2.64. The number of nitrogens with one attached hydrogen (secondary N) is 1. The molecule has 2 heterocycles. The minimum absolute atomic E-state index is 0.00247. The Morgan fingerprint density at radius 2 is 2.22 bits per heavy atom. The largest absolute Gasteiger partial charge is 0.465 e. The van der Waals surface area contributed by atoms with Crippen LogP contribution in [0.3, 0.4) is 0 Å². The maximum Gasteiger partial charge on any atom is 0.407 e. The van der Waals surface area contributed by atoms with Crippen molar-refractivity contribution in [2.24, 2.45) is 16.7 Å². The predicted octanol–water partition coefficient (Wildman–Crippen LogP) is 3.95. The molecule has 3 rings (SSSR count). The van der Waals surface area contributed by atoms with Gasteiger partial charge in [0.25, 0.3) is 0 Å². The van der Waals surface area contributed by atoms with E-state index in [1.165, 1.54) is 0 Å². The van der Waals surface area contributed by atoms with Crippen molar-refractivity contribution in [2.75, 3.05) is 18.4 Å². The fourth-order valence-electron chi connectivity index (χ4n) is 4.19. The third-order valence-corrected chi connectivity index (χ3v) is 5.52. The van der Waals surface area contributed by atoms with Crippen LogP contribution in [0.25, 0.3) is 0 Å². The van der Waals surface area contributed by atoms with Gasteiger partial charge in [0.05, 0.1) is 11.1 Å². The number of anilines is 1. The summed E-state index contributed by atoms with van der Waals surface area (Å²) in [6, 6.07) is 3.59. The first-order valence-corrected chi connectivity index (χ1v) is 8.44. The quantitative estimate of drug-likeness (QED) is 0.876. The average molecular weight is 338 g/mol. The minimum atomic E-state index is -0.822. The summed E-state index contributed by atoms with van der Waals surface area (Å²) in [4.78, 5) is 17.4. The van der Waals surface area contributed by atoms with E-state index in [0.717, 1.165) is 18.7 Å². The van der Waals surface area contributed by atoms with Crippen LogP contribution in [0, 0.1) is 16.7 Å². The zero-order chi connectivity index (χ0) is 16.8. The van der Waals surface area contributed by atoms with Crippen LogP contribution in [0.4, 0.5) is 10.6 Å². The number of aromatic nitrogens is 1. The fraction of sp³-hybridized carbons (Fsp3) is 0.647. The Labute approximate surface area is 142 Å². The van der Waals surface area contributed by atoms with E-state index in [4.69, 9.17) is 11.6 Å². The Morgan fingerprint density at radius 3 is 2.74 bits per heavy atom. The second-order valence-electron chi connectivity index (χ2n) is 8.00. The molecule has 1 aliphatic heterocycles. The number of rotatable bonds is 3. The van der Waals surface area contributed by atoms with E-state index in [9.17, 15) is 9.90 Å². The molecular weight excluding hydrogens is 314 g/mol. The molecule has 1 spiro atoms. The lowest BCUT2D eigenvalue weighted by Gasteiger charge is -2.22. The van der Waals surface area contributed by atoms with Crippen LogP contribution in [0.5, 0.6) is 0 Å². The highest BCUT2D eigenvalue weighted by atomic mass is 35.5. The Bertz CT molecular complexity index is 599. The van der Waals surface area contributed by atoms with Gasteiger partial charge in [0.15, 0.2) is 0 Å². The van der Waals surface area contributed by atoms with Gasteiger partial charge in [-0.25, -0.2) is 9.78 Å². The number of hydrogen-bond donors (Lipinski definition) is 2. The maximum absolute atomic E-state index is 11.6. The van der Waals surface area contributed by atoms with Crippen molar-refractivity contribution in [3.63, 3.8) is 0 Å². The molecule has 2 N–H and O–H groups in total. The van der Waals surface area contributed by atoms with E-state index < -0.39 is 6.09 Å². The number of pyridine rings is 1. The molecule has 2 aliphatic rings. The molecule has 0 bridgehead atoms. The van der Waals surface area contributed by atoms with Gasteiger partial charge < -0.3 is 15.3 Å². The molecule has 1 saturated heterocycles. The molecule has 126 valence electrons. The number of hydrogen-bond acceptors (Lipinski definition) is 3. The lowest BCUT2D eigenvalue weighted by Crippen LogP contribution is -2.38. The Kier molecular flexibility index (Phi) is 3.95. The van der Waals surface area contributed by atoms with Crippen LogP contribution in [-0.4, -0.2) is 40.2 Å². The molecule has 3 atom stereocenters. The van der Waals surface area contributed by atoms with Gasteiger partial charge in [-0.1, -0.05) is 32.4 Å². The molecule has 1 aliphatic carbocycles. The summed E-state index contributed by atoms with van der Waals surface area (Å²) in [5.74, 6) is 1.33. The zero-order valence-electron chi connectivity index (χ0n) is 13.8. The molecule has 1 amide bonds. The van der Waals surface area contributed by atoms with Crippen molar-refractivity contribution >= 4 is 23.5 Å². The van der Waals surface area contributed by atoms with E-state index in [1.807, 2.05) is 6.07 Å². The summed E-state index contributed by atoms with van der Waals surface area (Å²) >= 11 is 5.83. The molecule has 0 aromatic carbocycles. The van der Waals surface area contributed by atoms with Crippen LogP contribution >= 0.6 is 11.6 Å². The third kappa shape index (κ3) is 3.25. The first-order valence-electron chi connectivity index (χ1n) is 8.06. The second-order valence-corrected chi connectivity index (χ2v) is 8.43. The SMILES string of the molecule is CC(C)(C)[C@@H]1CC12CC(CNc1ccc(Cl)cn1)N(C(=O)O)C2. The molecule has 23 heavy (non-hydrogen) atoms. The molecule has 6 heteroatoms. The van der Waals surface area contributed by atoms with Gasteiger partial charge >= 0.3 is 6.09 Å². The van der Waals surface area contributed by atoms with E-state index in [1.54, 1.807) is 17.2 Å². The van der Waals surface area contributed by atoms with E-state index in [0.29, 0.717) is 24.0 Å². The van der Waals surface area contributed by atoms with Crippen molar-refractivity contribution in [1.82, 2.24) is 9.88 Å². The summed E-state index contributed by atoms with van der Waals surface area (Å²) in [7, 11) is 0. The van der Waals surface area contributed by atoms with Gasteiger partial charge in [-0.05, 0) is 41.7 Å². The van der Waals surface area contributed by atoms with E-state index in [2.05, 4.69) is 31.1 Å². The number of carboxylic acid groups (broad SMARTS) is 1. The van der Waals surface area contributed by atoms with Crippen molar-refractivity contribution in [1.29, 1.82) is 0 Å². The summed E-state index contributed by atoms with van der Waals surface area (Å²) < 4.78 is 0. The standard InChI is InChI=1S/C17H24ClN3O2/c1-16(2,3)13-7-17(13)6-12(21(10-17)15(22)23)9-20-14-5-4-11(18)8-19-14/h4-5,8,12-13H,6-7,9-10H2,1-3H3,(H,19,20)(H,22,23)/t12?,13-,17?/m0/s1. The number of halogens is 1. The lowest BCUT2D eigenvalue weighted by atomic mass is 9.83. The van der Waals surface area contributed by atoms with Gasteiger partial charge in [0, 0.05) is 19.3 Å². The first kappa shape index (κ1) is 16.4. The number of likely N-dealkylation sites (tertiary alicyclic amines) is 1. The fourth-order valence-corrected chi connectivity index (χ4v) is 4.31. The van der Waals surface area contributed by atoms with Crippen molar-refractivity contribution in [2.45, 2.75) is 39.7 Å². The van der Waals surface area contributed by atoms with Crippen LogP contribution in [0.15, 0.2) is 18.3 Å². The number of carbonyl (C=O) groups is 1. The summed E-state index contributed by atoms with van der Waals surface area (Å²) in [5, 5.41) is 13.4. The number of amides is 1. The summed E-state index contributed by atoms with van der Waals surface area (Å²) in [6.07, 6.45) is 2.83. The molecule has 5 nitrogen and oxygen atoms in total. The Morgan fingerprint density at radius 1 is 1.48 bits per heavy atom. The minimum Gasteiger partial charge on any atom is -0.465 e. The lowest BCUT2D eigenvalue weighted by molar-refractivity contribution is 0.139. The van der Waals surface area contributed by atoms with Gasteiger partial charge in [0.1, 0.15) is 5.82 Å². The smallest absolute Gasteiger partial charge is 0.407 e. The first-order chi connectivity index (χ1) is 10.7. The summed E-state index contributed by atoms with van der Waals surface area (Å²) in [6.45, 7) is 7.99. The van der Waals surface area contributed by atoms with Crippen molar-refractivity contribution in [3.8, 4) is 0 Å². The maximum atomic E-state index is 11.6. The Hall–Kier alpha value is -1.49. The van der Waals surface area contributed by atoms with Crippen LogP contribution in [0.2, 0.25) is 5.02 Å². The van der Waals surface area contributed by atoms with Crippen molar-refractivity contribution in [3.05, 3.63) is 23.4 Å². The molecule has 1 aromatic heterocycles. The van der Waals surface area contributed by atoms with E-state index >= 15 is 0 Å². The molecule has 2 unspecified atom stereocenters. The molecule has 1 saturated carbocycles. The van der Waals surface area contributed by atoms with Gasteiger partial charge in [0.2, 0.25) is 0 Å². The topological polar surface area (TPSA) is 65.5 Å². The molecular formula is C17H24ClN3O2. The highest BCUT2D eigenvalue weighted by molar-refractivity contribution is 6.30. The van der Waals surface area contributed by atoms with Crippen LogP contribution in [0.1, 0.15) is 33.6 Å². The van der Waals surface area contributed by atoms with Gasteiger partial charge in [-0.3, -0.25) is 0 Å². The Balaban J connectivity index is 1.66. The molecule has 2 fully saturated rings. The predicted molar refractivity (Wildman–Crippen MR) is 90.9 cm³/mol. The molecule has 0 radical (unpaired) electrons. The zero-order valence-corrected chi connectivity index (χ0v) is 14.6. The average Bonchev–Trinajstić information content (AvgIpc) is 3.04. The third-order valence-electron chi connectivity index (χ3n) is 5.30. The summed E-state index contributed by atoms with van der Waals surface area (Å²) in [5.41, 5.74) is 0.417. The highest BCUT2D eigenvalue weighted by Crippen LogP contribution is 2.66. The van der Waals surface area contributed by atoms with Crippen LogP contribution in [-0.2, 0) is 0 Å². The van der Waals surface area contributed by atoms with Gasteiger partial charge in [-0.15, -0.1) is 0 Å². The van der Waals surface area contributed by atoms with Gasteiger partial charge in [-0.2, -0.15) is 0 Å². The van der Waals surface area contributed by atoms with Crippen LogP contribution < -0.4 is 5.32 Å². The van der Waals surface area contributed by atoms with E-state index in [-0.39, 0.29) is 16.9 Å². The van der Waals surface area contributed by atoms with Crippen molar-refractivity contribution < 1.29 is 9.90 Å². The normalized spacial score (nSPS) is 29.8. The molecule has 1 aromatic rings. The monoisotopic (exact) mass is 337 g/mol. The number of nitrogens with zero attached hydrogens (tertiary/aromatic N) is 2. The second kappa shape index (κ2) is 5.55.